The second-order valence-electron chi connectivity index (χ2n) is 5.42. The molecule has 1 amide bonds. The summed E-state index contributed by atoms with van der Waals surface area (Å²) in [4.78, 5) is 16.3. The first-order valence-electron chi connectivity index (χ1n) is 7.08. The first-order valence-corrected chi connectivity index (χ1v) is 7.08. The Labute approximate surface area is 134 Å². The predicted octanol–water partition coefficient (Wildman–Crippen LogP) is 3.15. The standard InChI is InChI=1S/C15H13F3N4O2/c1-8(2)20-14(23)9-7-19-22-12(15(16,17)18)6-10(21-13(9)22)11-4-3-5-24-11/h3-8H,1-2H3,(H,20,23). The molecule has 0 atom stereocenters. The maximum atomic E-state index is 13.3. The number of aromatic nitrogens is 3. The van der Waals surface area contributed by atoms with Crippen molar-refractivity contribution in [1.82, 2.24) is 19.9 Å². The lowest BCUT2D eigenvalue weighted by Gasteiger charge is -2.11. The highest BCUT2D eigenvalue weighted by Crippen LogP contribution is 2.32. The van der Waals surface area contributed by atoms with Gasteiger partial charge in [-0.15, -0.1) is 0 Å². The molecule has 1 N–H and O–H groups in total. The summed E-state index contributed by atoms with van der Waals surface area (Å²) in [6, 6.07) is 3.69. The van der Waals surface area contributed by atoms with Gasteiger partial charge in [-0.25, -0.2) is 9.50 Å². The summed E-state index contributed by atoms with van der Waals surface area (Å²) in [6.07, 6.45) is -2.27. The Kier molecular flexibility index (Phi) is 3.78. The van der Waals surface area contributed by atoms with Crippen molar-refractivity contribution < 1.29 is 22.4 Å². The number of nitrogens with one attached hydrogen (secondary N) is 1. The van der Waals surface area contributed by atoms with Gasteiger partial charge in [-0.05, 0) is 32.0 Å². The van der Waals surface area contributed by atoms with Crippen LogP contribution < -0.4 is 5.32 Å². The molecule has 0 radical (unpaired) electrons. The Bertz CT molecular complexity index is 882. The van der Waals surface area contributed by atoms with Crippen LogP contribution in [-0.2, 0) is 6.18 Å². The van der Waals surface area contributed by atoms with Crippen LogP contribution >= 0.6 is 0 Å². The normalized spacial score (nSPS) is 12.1. The van der Waals surface area contributed by atoms with Gasteiger partial charge in [0.1, 0.15) is 11.3 Å². The summed E-state index contributed by atoms with van der Waals surface area (Å²) >= 11 is 0. The highest BCUT2D eigenvalue weighted by atomic mass is 19.4. The van der Waals surface area contributed by atoms with Crippen molar-refractivity contribution in [3.8, 4) is 11.5 Å². The van der Waals surface area contributed by atoms with Crippen molar-refractivity contribution in [2.75, 3.05) is 0 Å². The van der Waals surface area contributed by atoms with Crippen LogP contribution in [0.5, 0.6) is 0 Å². The van der Waals surface area contributed by atoms with E-state index in [-0.39, 0.29) is 28.7 Å². The Morgan fingerprint density at radius 2 is 2.12 bits per heavy atom. The molecule has 0 saturated heterocycles. The van der Waals surface area contributed by atoms with Gasteiger partial charge in [-0.1, -0.05) is 0 Å². The van der Waals surface area contributed by atoms with E-state index >= 15 is 0 Å². The van der Waals surface area contributed by atoms with Gasteiger partial charge in [0, 0.05) is 6.04 Å². The second kappa shape index (κ2) is 5.66. The lowest BCUT2D eigenvalue weighted by molar-refractivity contribution is -0.142. The van der Waals surface area contributed by atoms with E-state index in [4.69, 9.17) is 4.42 Å². The molecule has 9 heteroatoms. The third-order valence-electron chi connectivity index (χ3n) is 3.20. The average Bonchev–Trinajstić information content (AvgIpc) is 3.13. The summed E-state index contributed by atoms with van der Waals surface area (Å²) in [5, 5.41) is 6.29. The molecular formula is C15H13F3N4O2. The minimum atomic E-state index is -4.67. The molecule has 3 aromatic rings. The summed E-state index contributed by atoms with van der Waals surface area (Å²) in [5.74, 6) is -0.378. The van der Waals surface area contributed by atoms with E-state index in [0.29, 0.717) is 4.52 Å². The van der Waals surface area contributed by atoms with Gasteiger partial charge in [0.05, 0.1) is 12.5 Å². The minimum absolute atomic E-state index is 0.0288. The second-order valence-corrected chi connectivity index (χ2v) is 5.42. The zero-order chi connectivity index (χ0) is 17.5. The van der Waals surface area contributed by atoms with Gasteiger partial charge in [0.2, 0.25) is 0 Å². The number of hydrogen-bond donors (Lipinski definition) is 1. The highest BCUT2D eigenvalue weighted by Gasteiger charge is 2.36. The fourth-order valence-electron chi connectivity index (χ4n) is 2.22. The van der Waals surface area contributed by atoms with Gasteiger partial charge in [0.25, 0.3) is 5.91 Å². The smallest absolute Gasteiger partial charge is 0.433 e. The zero-order valence-corrected chi connectivity index (χ0v) is 12.8. The maximum absolute atomic E-state index is 13.3. The lowest BCUT2D eigenvalue weighted by Crippen LogP contribution is -2.30. The maximum Gasteiger partial charge on any atom is 0.433 e. The Morgan fingerprint density at radius 3 is 2.71 bits per heavy atom. The minimum Gasteiger partial charge on any atom is -0.463 e. The van der Waals surface area contributed by atoms with E-state index in [1.807, 2.05) is 0 Å². The van der Waals surface area contributed by atoms with Gasteiger partial charge in [-0.2, -0.15) is 18.3 Å². The molecule has 3 aromatic heterocycles. The molecule has 0 saturated carbocycles. The zero-order valence-electron chi connectivity index (χ0n) is 12.8. The third-order valence-corrected chi connectivity index (χ3v) is 3.20. The van der Waals surface area contributed by atoms with E-state index in [9.17, 15) is 18.0 Å². The number of amides is 1. The van der Waals surface area contributed by atoms with Crippen LogP contribution in [0.2, 0.25) is 0 Å². The average molecular weight is 338 g/mol. The first kappa shape index (κ1) is 16.0. The largest absolute Gasteiger partial charge is 0.463 e. The van der Waals surface area contributed by atoms with E-state index in [0.717, 1.165) is 12.3 Å². The monoisotopic (exact) mass is 338 g/mol. The predicted molar refractivity (Wildman–Crippen MR) is 78.3 cm³/mol. The number of nitrogens with zero attached hydrogens (tertiary/aromatic N) is 3. The number of fused-ring (bicyclic) bond motifs is 1. The van der Waals surface area contributed by atoms with Crippen LogP contribution in [-0.4, -0.2) is 26.5 Å². The molecular weight excluding hydrogens is 325 g/mol. The number of alkyl halides is 3. The van der Waals surface area contributed by atoms with Crippen molar-refractivity contribution in [3.05, 3.63) is 41.9 Å². The van der Waals surface area contributed by atoms with E-state index < -0.39 is 17.8 Å². The molecule has 0 aliphatic carbocycles. The molecule has 0 aliphatic heterocycles. The van der Waals surface area contributed by atoms with Gasteiger partial charge < -0.3 is 9.73 Å². The van der Waals surface area contributed by atoms with E-state index in [1.165, 1.54) is 18.4 Å². The van der Waals surface area contributed by atoms with E-state index in [2.05, 4.69) is 15.4 Å². The number of carbonyl (C=O) groups excluding carboxylic acids is 1. The molecule has 0 aliphatic rings. The molecule has 0 bridgehead atoms. The molecule has 0 unspecified atom stereocenters. The number of carbonyl (C=O) groups is 1. The fraction of sp³-hybridized carbons (Fsp3) is 0.267. The van der Waals surface area contributed by atoms with Gasteiger partial charge in [-0.3, -0.25) is 4.79 Å². The summed E-state index contributed by atoms with van der Waals surface area (Å²) in [5.41, 5.74) is -1.29. The summed E-state index contributed by atoms with van der Waals surface area (Å²) in [7, 11) is 0. The van der Waals surface area contributed by atoms with Crippen LogP contribution in [0.1, 0.15) is 29.9 Å². The topological polar surface area (TPSA) is 72.4 Å². The van der Waals surface area contributed by atoms with Crippen LogP contribution in [0.3, 0.4) is 0 Å². The van der Waals surface area contributed by atoms with Crippen LogP contribution in [0.15, 0.2) is 35.1 Å². The van der Waals surface area contributed by atoms with Crippen LogP contribution in [0.4, 0.5) is 13.2 Å². The summed E-state index contributed by atoms with van der Waals surface area (Å²) in [6.45, 7) is 3.49. The quantitative estimate of drug-likeness (QED) is 0.796. The number of halogens is 3. The number of rotatable bonds is 3. The SMILES string of the molecule is CC(C)NC(=O)c1cnn2c(C(F)(F)F)cc(-c3ccco3)nc12. The van der Waals surface area contributed by atoms with Crippen molar-refractivity contribution >= 4 is 11.6 Å². The van der Waals surface area contributed by atoms with Crippen molar-refractivity contribution in [3.63, 3.8) is 0 Å². The Morgan fingerprint density at radius 1 is 1.38 bits per heavy atom. The van der Waals surface area contributed by atoms with Crippen LogP contribution in [0.25, 0.3) is 17.1 Å². The molecule has 3 heterocycles. The first-order chi connectivity index (χ1) is 11.3. The molecule has 24 heavy (non-hydrogen) atoms. The van der Waals surface area contributed by atoms with Crippen LogP contribution in [0, 0.1) is 0 Å². The highest BCUT2D eigenvalue weighted by molar-refractivity contribution is 6.00. The van der Waals surface area contributed by atoms with Gasteiger partial charge >= 0.3 is 6.18 Å². The molecule has 0 spiro atoms. The molecule has 126 valence electrons. The van der Waals surface area contributed by atoms with Crippen molar-refractivity contribution in [2.24, 2.45) is 0 Å². The third kappa shape index (κ3) is 2.84. The Balaban J connectivity index is 2.24. The van der Waals surface area contributed by atoms with Crippen molar-refractivity contribution in [2.45, 2.75) is 26.1 Å². The molecule has 0 fully saturated rings. The van der Waals surface area contributed by atoms with E-state index in [1.54, 1.807) is 13.8 Å². The lowest BCUT2D eigenvalue weighted by atomic mass is 10.2. The number of furan rings is 1. The fourth-order valence-corrected chi connectivity index (χ4v) is 2.22. The van der Waals surface area contributed by atoms with Crippen molar-refractivity contribution in [1.29, 1.82) is 0 Å². The Hall–Kier alpha value is -2.84. The molecule has 0 aromatic carbocycles. The molecule has 3 rings (SSSR count). The number of hydrogen-bond acceptors (Lipinski definition) is 4. The summed E-state index contributed by atoms with van der Waals surface area (Å²) < 4.78 is 45.8. The molecule has 6 nitrogen and oxygen atoms in total. The van der Waals surface area contributed by atoms with Gasteiger partial charge in [0.15, 0.2) is 17.1 Å².